The molecule has 12 heteroatoms. The number of alkyl halides is 1. The molecule has 3 aromatic heterocycles. The molecule has 214 valence electrons. The summed E-state index contributed by atoms with van der Waals surface area (Å²) in [6.07, 6.45) is 6.76. The zero-order valence-electron chi connectivity index (χ0n) is 23.1. The summed E-state index contributed by atoms with van der Waals surface area (Å²) in [5.41, 5.74) is 1.23. The van der Waals surface area contributed by atoms with E-state index in [9.17, 15) is 9.18 Å². The monoisotopic (exact) mass is 571 g/mol. The van der Waals surface area contributed by atoms with Crippen molar-refractivity contribution in [1.82, 2.24) is 29.2 Å². The number of nitrogens with zero attached hydrogens (tertiary/aromatic N) is 7. The molecule has 0 unspecified atom stereocenters. The number of fused-ring (bicyclic) bond motifs is 6. The number of rotatable bonds is 4. The summed E-state index contributed by atoms with van der Waals surface area (Å²) < 4.78 is 28.3. The average Bonchev–Trinajstić information content (AvgIpc) is 3.63. The Hall–Kier alpha value is -2.92. The number of carbonyl (C=O) groups excluding carboxylic acids is 1. The van der Waals surface area contributed by atoms with Crippen LogP contribution in [0.15, 0.2) is 18.5 Å². The lowest BCUT2D eigenvalue weighted by molar-refractivity contribution is 0.0209. The first-order valence-corrected chi connectivity index (χ1v) is 14.6. The van der Waals surface area contributed by atoms with Crippen molar-refractivity contribution in [2.24, 2.45) is 0 Å². The van der Waals surface area contributed by atoms with Crippen LogP contribution in [0, 0.1) is 0 Å². The normalized spacial score (nSPS) is 28.6. The number of carbonyl (C=O) groups is 1. The number of amides is 1. The predicted octanol–water partition coefficient (Wildman–Crippen LogP) is 4.47. The molecule has 4 fully saturated rings. The second-order valence-corrected chi connectivity index (χ2v) is 13.1. The highest BCUT2D eigenvalue weighted by Gasteiger charge is 2.50. The highest BCUT2D eigenvalue weighted by molar-refractivity contribution is 6.34. The molecule has 2 bridgehead atoms. The van der Waals surface area contributed by atoms with Gasteiger partial charge in [-0.25, -0.2) is 14.2 Å². The lowest BCUT2D eigenvalue weighted by atomic mass is 9.95. The maximum Gasteiger partial charge on any atom is 0.410 e. The van der Waals surface area contributed by atoms with Crippen molar-refractivity contribution < 1.29 is 18.7 Å². The van der Waals surface area contributed by atoms with Crippen molar-refractivity contribution in [2.75, 3.05) is 37.7 Å². The molecule has 4 atom stereocenters. The van der Waals surface area contributed by atoms with Gasteiger partial charge in [0.25, 0.3) is 0 Å². The summed E-state index contributed by atoms with van der Waals surface area (Å²) >= 11 is 6.61. The Morgan fingerprint density at radius 1 is 1.20 bits per heavy atom. The Balaban J connectivity index is 1.25. The van der Waals surface area contributed by atoms with E-state index in [1.165, 1.54) is 0 Å². The van der Waals surface area contributed by atoms with E-state index in [-0.39, 0.29) is 29.7 Å². The summed E-state index contributed by atoms with van der Waals surface area (Å²) in [6.45, 7) is 8.45. The van der Waals surface area contributed by atoms with Gasteiger partial charge in [0, 0.05) is 50.5 Å². The van der Waals surface area contributed by atoms with Gasteiger partial charge in [0.15, 0.2) is 11.5 Å². The van der Waals surface area contributed by atoms with Gasteiger partial charge in [-0.05, 0) is 59.1 Å². The fraction of sp³-hybridized carbons (Fsp3) is 0.643. The van der Waals surface area contributed by atoms with Crippen LogP contribution in [0.4, 0.5) is 15.0 Å². The number of pyridine rings is 1. The third-order valence-corrected chi connectivity index (χ3v) is 9.12. The maximum absolute atomic E-state index is 14.4. The number of halogens is 2. The Morgan fingerprint density at radius 3 is 2.73 bits per heavy atom. The second-order valence-electron chi connectivity index (χ2n) is 12.7. The lowest BCUT2D eigenvalue weighted by Crippen LogP contribution is -2.56. The van der Waals surface area contributed by atoms with E-state index in [0.29, 0.717) is 48.8 Å². The third kappa shape index (κ3) is 4.32. The summed E-state index contributed by atoms with van der Waals surface area (Å²) in [7, 11) is 0. The Labute approximate surface area is 237 Å². The van der Waals surface area contributed by atoms with Crippen molar-refractivity contribution in [1.29, 1.82) is 0 Å². The lowest BCUT2D eigenvalue weighted by Gasteiger charge is -2.42. The third-order valence-electron chi connectivity index (χ3n) is 8.84. The molecule has 4 aliphatic heterocycles. The minimum atomic E-state index is -0.831. The molecule has 4 aliphatic rings. The highest BCUT2D eigenvalue weighted by atomic mass is 35.5. The molecule has 10 nitrogen and oxygen atoms in total. The number of likely N-dealkylation sites (tertiary alicyclic amines) is 1. The molecule has 7 heterocycles. The molecule has 7 rings (SSSR count). The van der Waals surface area contributed by atoms with Crippen LogP contribution in [0.3, 0.4) is 0 Å². The number of imidazole rings is 1. The minimum Gasteiger partial charge on any atom is -0.461 e. The largest absolute Gasteiger partial charge is 0.461 e. The second kappa shape index (κ2) is 9.30. The Bertz CT molecular complexity index is 1460. The van der Waals surface area contributed by atoms with E-state index in [1.807, 2.05) is 42.3 Å². The number of hydrogen-bond donors (Lipinski definition) is 0. The van der Waals surface area contributed by atoms with Crippen LogP contribution in [0.2, 0.25) is 5.02 Å². The maximum atomic E-state index is 14.4. The summed E-state index contributed by atoms with van der Waals surface area (Å²) in [5.74, 6) is 0.742. The number of ether oxygens (including phenoxy) is 2. The predicted molar refractivity (Wildman–Crippen MR) is 149 cm³/mol. The van der Waals surface area contributed by atoms with Crippen molar-refractivity contribution in [2.45, 2.75) is 82.3 Å². The van der Waals surface area contributed by atoms with Crippen LogP contribution >= 0.6 is 11.6 Å². The molecule has 0 aliphatic carbocycles. The Kier molecular flexibility index (Phi) is 6.05. The molecule has 40 heavy (non-hydrogen) atoms. The van der Waals surface area contributed by atoms with Crippen molar-refractivity contribution >= 4 is 40.2 Å². The smallest absolute Gasteiger partial charge is 0.410 e. The SMILES string of the molecule is CC(C)(C)OC(=O)N1C[C@H]2CC[C@@H](C1)N2c1nc(OC[C@@]23CCCN2C[C@H](F)C3)nc2cc(Cl)c3nccn3c12. The summed E-state index contributed by atoms with van der Waals surface area (Å²) in [4.78, 5) is 33.5. The zero-order valence-corrected chi connectivity index (χ0v) is 23.9. The van der Waals surface area contributed by atoms with Crippen LogP contribution in [0.25, 0.3) is 16.7 Å². The van der Waals surface area contributed by atoms with Crippen molar-refractivity contribution in [3.63, 3.8) is 0 Å². The molecule has 0 N–H and O–H groups in total. The van der Waals surface area contributed by atoms with Crippen LogP contribution in [0.5, 0.6) is 6.01 Å². The van der Waals surface area contributed by atoms with E-state index in [2.05, 4.69) is 14.8 Å². The number of piperazine rings is 1. The van der Waals surface area contributed by atoms with Crippen LogP contribution in [-0.2, 0) is 4.74 Å². The van der Waals surface area contributed by atoms with Gasteiger partial charge in [-0.2, -0.15) is 9.97 Å². The molecule has 1 amide bonds. The molecule has 0 spiro atoms. The van der Waals surface area contributed by atoms with Gasteiger partial charge in [-0.3, -0.25) is 9.30 Å². The standard InChI is InChI=1S/C28H35ClFN7O3/c1-27(2,3)40-26(38)34-14-18-5-6-19(15-34)37(18)24-22-21(11-20(29)23-31-8-10-36(22)23)32-25(33-24)39-16-28-7-4-9-35(28)13-17(30)12-28/h8,10-11,17-19H,4-7,9,12-16H2,1-3H3/t17-,18-,19+,28+/m1/s1. The van der Waals surface area contributed by atoms with Crippen LogP contribution in [0.1, 0.15) is 52.9 Å². The molecule has 0 aromatic carbocycles. The van der Waals surface area contributed by atoms with E-state index < -0.39 is 11.8 Å². The van der Waals surface area contributed by atoms with Gasteiger partial charge in [0.2, 0.25) is 0 Å². The van der Waals surface area contributed by atoms with Gasteiger partial charge in [0.05, 0.1) is 16.1 Å². The van der Waals surface area contributed by atoms with Gasteiger partial charge in [-0.15, -0.1) is 0 Å². The number of hydrogen-bond acceptors (Lipinski definition) is 8. The van der Waals surface area contributed by atoms with Gasteiger partial charge in [0.1, 0.15) is 23.9 Å². The van der Waals surface area contributed by atoms with E-state index >= 15 is 0 Å². The first-order valence-electron chi connectivity index (χ1n) is 14.2. The Morgan fingerprint density at radius 2 is 1.98 bits per heavy atom. The number of aromatic nitrogens is 4. The fourth-order valence-corrected chi connectivity index (χ4v) is 7.48. The molecule has 4 saturated heterocycles. The summed E-state index contributed by atoms with van der Waals surface area (Å²) in [6, 6.07) is 2.20. The highest BCUT2D eigenvalue weighted by Crippen LogP contribution is 2.42. The van der Waals surface area contributed by atoms with Gasteiger partial charge >= 0.3 is 12.1 Å². The first-order chi connectivity index (χ1) is 19.1. The molecular weight excluding hydrogens is 537 g/mol. The van der Waals surface area contributed by atoms with Crippen LogP contribution < -0.4 is 9.64 Å². The van der Waals surface area contributed by atoms with Gasteiger partial charge < -0.3 is 19.3 Å². The van der Waals surface area contributed by atoms with E-state index in [4.69, 9.17) is 31.0 Å². The molecule has 0 radical (unpaired) electrons. The summed E-state index contributed by atoms with van der Waals surface area (Å²) in [5, 5.41) is 0.488. The van der Waals surface area contributed by atoms with E-state index in [1.54, 1.807) is 6.20 Å². The minimum absolute atomic E-state index is 0.0671. The topological polar surface area (TPSA) is 88.3 Å². The van der Waals surface area contributed by atoms with Crippen molar-refractivity contribution in [3.8, 4) is 6.01 Å². The van der Waals surface area contributed by atoms with E-state index in [0.717, 1.165) is 43.6 Å². The number of anilines is 1. The van der Waals surface area contributed by atoms with Crippen molar-refractivity contribution in [3.05, 3.63) is 23.5 Å². The average molecular weight is 572 g/mol. The van der Waals surface area contributed by atoms with Gasteiger partial charge in [-0.1, -0.05) is 11.6 Å². The zero-order chi connectivity index (χ0) is 27.8. The first kappa shape index (κ1) is 26.0. The fourth-order valence-electron chi connectivity index (χ4n) is 7.23. The van der Waals surface area contributed by atoms with Crippen LogP contribution in [-0.4, -0.2) is 97.4 Å². The molecule has 3 aromatic rings. The quantitative estimate of drug-likeness (QED) is 0.453. The molecular formula is C28H35ClFN7O3. The molecule has 0 saturated carbocycles.